The standard InChI is InChI=1S/C26H32N4O4S/c1-29(2)25(32)28-21(13-19-9-5-3-6-10-19)15-24(31)23(14-20-11-7-4-8-12-20)30(26(33)34)17-22-16-27-18-35-22/h3-12,16,18,21,23-24,31H,13-15,17H2,1-2H3,(H,28,32)(H,33,34)/t21-,23-,24-/m0/s1. The van der Waals surface area contributed by atoms with Gasteiger partial charge in [-0.15, -0.1) is 11.3 Å². The zero-order valence-corrected chi connectivity index (χ0v) is 20.8. The molecule has 186 valence electrons. The second-order valence-electron chi connectivity index (χ2n) is 8.67. The van der Waals surface area contributed by atoms with E-state index < -0.39 is 18.2 Å². The molecule has 0 saturated carbocycles. The largest absolute Gasteiger partial charge is 0.465 e. The Morgan fingerprint density at radius 1 is 1.00 bits per heavy atom. The van der Waals surface area contributed by atoms with Gasteiger partial charge in [-0.25, -0.2) is 9.59 Å². The number of benzene rings is 2. The summed E-state index contributed by atoms with van der Waals surface area (Å²) in [5.41, 5.74) is 3.59. The molecule has 3 aromatic rings. The van der Waals surface area contributed by atoms with Crippen LogP contribution in [0.25, 0.3) is 0 Å². The third kappa shape index (κ3) is 8.08. The van der Waals surface area contributed by atoms with Crippen molar-refractivity contribution in [2.24, 2.45) is 0 Å². The Hall–Kier alpha value is -3.43. The van der Waals surface area contributed by atoms with Crippen molar-refractivity contribution in [1.82, 2.24) is 20.1 Å². The monoisotopic (exact) mass is 496 g/mol. The Labute approximate surface area is 209 Å². The number of nitrogens with one attached hydrogen (secondary N) is 1. The lowest BCUT2D eigenvalue weighted by Crippen LogP contribution is -2.51. The van der Waals surface area contributed by atoms with E-state index in [9.17, 15) is 19.8 Å². The molecule has 9 heteroatoms. The van der Waals surface area contributed by atoms with Gasteiger partial charge in [-0.3, -0.25) is 9.88 Å². The van der Waals surface area contributed by atoms with E-state index in [1.807, 2.05) is 60.7 Å². The number of nitrogens with zero attached hydrogens (tertiary/aromatic N) is 3. The molecule has 3 atom stereocenters. The number of carbonyl (C=O) groups excluding carboxylic acids is 1. The maximum absolute atomic E-state index is 12.5. The second kappa shape index (κ2) is 12.9. The smallest absolute Gasteiger partial charge is 0.407 e. The van der Waals surface area contributed by atoms with Crippen LogP contribution in [0.5, 0.6) is 0 Å². The van der Waals surface area contributed by atoms with Crippen LogP contribution in [0.1, 0.15) is 22.4 Å². The Balaban J connectivity index is 1.86. The van der Waals surface area contributed by atoms with Crippen LogP contribution in [0, 0.1) is 0 Å². The molecule has 0 spiro atoms. The van der Waals surface area contributed by atoms with Crippen molar-refractivity contribution in [1.29, 1.82) is 0 Å². The number of urea groups is 1. The van der Waals surface area contributed by atoms with Gasteiger partial charge >= 0.3 is 12.1 Å². The third-order valence-electron chi connectivity index (χ3n) is 5.77. The van der Waals surface area contributed by atoms with Crippen molar-refractivity contribution >= 4 is 23.5 Å². The SMILES string of the molecule is CN(C)C(=O)N[C@@H](Cc1ccccc1)C[C@H](O)[C@H](Cc1ccccc1)N(Cc1cncs1)C(=O)O. The summed E-state index contributed by atoms with van der Waals surface area (Å²) >= 11 is 1.37. The first-order valence-corrected chi connectivity index (χ1v) is 12.3. The number of carbonyl (C=O) groups is 2. The van der Waals surface area contributed by atoms with E-state index in [2.05, 4.69) is 10.3 Å². The maximum Gasteiger partial charge on any atom is 0.407 e. The van der Waals surface area contributed by atoms with Crippen LogP contribution >= 0.6 is 11.3 Å². The first kappa shape index (κ1) is 26.2. The van der Waals surface area contributed by atoms with Gasteiger partial charge in [-0.05, 0) is 30.4 Å². The molecule has 3 rings (SSSR count). The molecule has 1 heterocycles. The molecule has 0 bridgehead atoms. The average molecular weight is 497 g/mol. The number of aliphatic hydroxyl groups is 1. The van der Waals surface area contributed by atoms with Gasteiger partial charge in [-0.1, -0.05) is 60.7 Å². The highest BCUT2D eigenvalue weighted by atomic mass is 32.1. The Bertz CT molecular complexity index is 1050. The summed E-state index contributed by atoms with van der Waals surface area (Å²) in [4.78, 5) is 32.4. The fraction of sp³-hybridized carbons (Fsp3) is 0.346. The fourth-order valence-corrected chi connectivity index (χ4v) is 4.56. The van der Waals surface area contributed by atoms with Gasteiger partial charge in [0.2, 0.25) is 0 Å². The molecule has 0 aliphatic rings. The molecule has 0 aliphatic heterocycles. The molecule has 0 aliphatic carbocycles. The lowest BCUT2D eigenvalue weighted by molar-refractivity contribution is 0.0349. The van der Waals surface area contributed by atoms with Gasteiger partial charge in [0.05, 0.1) is 24.2 Å². The summed E-state index contributed by atoms with van der Waals surface area (Å²) < 4.78 is 0. The molecule has 2 aromatic carbocycles. The first-order valence-electron chi connectivity index (χ1n) is 11.4. The van der Waals surface area contributed by atoms with E-state index in [1.165, 1.54) is 21.1 Å². The number of hydrogen-bond donors (Lipinski definition) is 3. The van der Waals surface area contributed by atoms with Crippen molar-refractivity contribution in [2.45, 2.75) is 44.0 Å². The molecular weight excluding hydrogens is 464 g/mol. The van der Waals surface area contributed by atoms with Gasteiger partial charge in [-0.2, -0.15) is 0 Å². The Kier molecular flexibility index (Phi) is 9.63. The minimum Gasteiger partial charge on any atom is -0.465 e. The predicted octanol–water partition coefficient (Wildman–Crippen LogP) is 3.87. The summed E-state index contributed by atoms with van der Waals surface area (Å²) in [5.74, 6) is 0. The van der Waals surface area contributed by atoms with Crippen molar-refractivity contribution < 1.29 is 19.8 Å². The molecule has 0 radical (unpaired) electrons. The van der Waals surface area contributed by atoms with Gasteiger partial charge in [0.15, 0.2) is 0 Å². The van der Waals surface area contributed by atoms with Crippen LogP contribution in [0.15, 0.2) is 72.4 Å². The third-order valence-corrected chi connectivity index (χ3v) is 6.54. The van der Waals surface area contributed by atoms with E-state index >= 15 is 0 Å². The van der Waals surface area contributed by atoms with Gasteiger partial charge < -0.3 is 20.4 Å². The number of amides is 3. The molecule has 1 aromatic heterocycles. The van der Waals surface area contributed by atoms with Crippen molar-refractivity contribution in [3.63, 3.8) is 0 Å². The molecular formula is C26H32N4O4S. The lowest BCUT2D eigenvalue weighted by Gasteiger charge is -2.35. The maximum atomic E-state index is 12.5. The lowest BCUT2D eigenvalue weighted by atomic mass is 9.92. The van der Waals surface area contributed by atoms with Crippen molar-refractivity contribution in [3.8, 4) is 0 Å². The topological polar surface area (TPSA) is 106 Å². The van der Waals surface area contributed by atoms with Crippen LogP contribution in [-0.2, 0) is 19.4 Å². The molecule has 0 saturated heterocycles. The number of carboxylic acid groups (broad SMARTS) is 1. The summed E-state index contributed by atoms with van der Waals surface area (Å²) in [7, 11) is 3.32. The summed E-state index contributed by atoms with van der Waals surface area (Å²) in [6.07, 6.45) is 0.552. The van der Waals surface area contributed by atoms with Gasteiger partial charge in [0, 0.05) is 31.2 Å². The van der Waals surface area contributed by atoms with Crippen LogP contribution in [-0.4, -0.2) is 69.4 Å². The minimum atomic E-state index is -1.12. The first-order chi connectivity index (χ1) is 16.8. The summed E-state index contributed by atoms with van der Waals surface area (Å²) in [5, 5.41) is 24.5. The van der Waals surface area contributed by atoms with E-state index in [0.29, 0.717) is 12.8 Å². The molecule has 3 N–H and O–H groups in total. The summed E-state index contributed by atoms with van der Waals surface area (Å²) in [6.45, 7) is 0.127. The van der Waals surface area contributed by atoms with Crippen LogP contribution in [0.4, 0.5) is 9.59 Å². The number of thiazole rings is 1. The molecule has 8 nitrogen and oxygen atoms in total. The second-order valence-corrected chi connectivity index (χ2v) is 9.64. The van der Waals surface area contributed by atoms with Crippen molar-refractivity contribution in [2.75, 3.05) is 14.1 Å². The van der Waals surface area contributed by atoms with Crippen molar-refractivity contribution in [3.05, 3.63) is 88.4 Å². The number of aromatic nitrogens is 1. The van der Waals surface area contributed by atoms with E-state index in [1.54, 1.807) is 25.8 Å². The van der Waals surface area contributed by atoms with E-state index in [4.69, 9.17) is 0 Å². The normalized spacial score (nSPS) is 13.5. The van der Waals surface area contributed by atoms with Crippen LogP contribution in [0.3, 0.4) is 0 Å². The minimum absolute atomic E-state index is 0.127. The molecule has 35 heavy (non-hydrogen) atoms. The highest BCUT2D eigenvalue weighted by molar-refractivity contribution is 7.09. The predicted molar refractivity (Wildman–Crippen MR) is 136 cm³/mol. The average Bonchev–Trinajstić information content (AvgIpc) is 3.35. The Morgan fingerprint density at radius 3 is 2.11 bits per heavy atom. The summed E-state index contributed by atoms with van der Waals surface area (Å²) in [6, 6.07) is 17.9. The number of rotatable bonds is 11. The molecule has 3 amide bonds. The van der Waals surface area contributed by atoms with E-state index in [-0.39, 0.29) is 25.0 Å². The molecule has 0 unspecified atom stereocenters. The van der Waals surface area contributed by atoms with Crippen LogP contribution in [0.2, 0.25) is 0 Å². The quantitative estimate of drug-likeness (QED) is 0.374. The molecule has 0 fully saturated rings. The zero-order chi connectivity index (χ0) is 25.2. The van der Waals surface area contributed by atoms with Gasteiger partial charge in [0.1, 0.15) is 0 Å². The zero-order valence-electron chi connectivity index (χ0n) is 19.9. The number of aliphatic hydroxyl groups excluding tert-OH is 1. The number of hydrogen-bond acceptors (Lipinski definition) is 5. The van der Waals surface area contributed by atoms with Gasteiger partial charge in [0.25, 0.3) is 0 Å². The van der Waals surface area contributed by atoms with Crippen LogP contribution < -0.4 is 5.32 Å². The fourth-order valence-electron chi connectivity index (χ4n) is 3.97. The van der Waals surface area contributed by atoms with E-state index in [0.717, 1.165) is 16.0 Å². The highest BCUT2D eigenvalue weighted by Crippen LogP contribution is 2.21. The Morgan fingerprint density at radius 2 is 1.60 bits per heavy atom. The highest BCUT2D eigenvalue weighted by Gasteiger charge is 2.32.